The molecule has 8 heteroatoms. The number of amides is 1. The van der Waals surface area contributed by atoms with Crippen molar-refractivity contribution in [2.75, 3.05) is 11.5 Å². The average molecular weight is 342 g/mol. The molecule has 1 amide bonds. The molecule has 0 unspecified atom stereocenters. The van der Waals surface area contributed by atoms with Crippen LogP contribution in [-0.2, 0) is 0 Å². The van der Waals surface area contributed by atoms with Crippen LogP contribution in [0.4, 0.5) is 11.4 Å². The van der Waals surface area contributed by atoms with Crippen LogP contribution in [0.5, 0.6) is 0 Å². The molecule has 0 aliphatic heterocycles. The van der Waals surface area contributed by atoms with Gasteiger partial charge in [0.05, 0.1) is 32.5 Å². The van der Waals surface area contributed by atoms with E-state index in [1.54, 1.807) is 24.3 Å². The van der Waals surface area contributed by atoms with Crippen LogP contribution in [0.1, 0.15) is 20.7 Å². The van der Waals surface area contributed by atoms with Crippen LogP contribution in [0.3, 0.4) is 0 Å². The number of benzene rings is 2. The standard InChI is InChI=1S/C7H7ClN2O.C7H6ClNO2/c2*8-6-4(7(10)11)2-1-3-5(6)9/h1-3H,9H2,(H2,10,11);1-3H,9H2,(H,10,11). The lowest BCUT2D eigenvalue weighted by Gasteiger charge is -2.00. The maximum atomic E-state index is 10.7. The fraction of sp³-hybridized carbons (Fsp3) is 0. The van der Waals surface area contributed by atoms with Gasteiger partial charge in [-0.1, -0.05) is 35.3 Å². The minimum absolute atomic E-state index is 0.0340. The Bertz CT molecular complexity index is 659. The summed E-state index contributed by atoms with van der Waals surface area (Å²) in [5.74, 6) is -1.63. The molecule has 0 saturated carbocycles. The Morgan fingerprint density at radius 3 is 1.59 bits per heavy atom. The lowest BCUT2D eigenvalue weighted by atomic mass is 10.2. The van der Waals surface area contributed by atoms with Crippen LogP contribution >= 0.6 is 23.2 Å². The summed E-state index contributed by atoms with van der Waals surface area (Å²) >= 11 is 11.2. The van der Waals surface area contributed by atoms with Crippen molar-refractivity contribution in [2.45, 2.75) is 0 Å². The van der Waals surface area contributed by atoms with E-state index in [0.717, 1.165) is 0 Å². The number of halogens is 2. The maximum Gasteiger partial charge on any atom is 0.337 e. The molecular formula is C14H13Cl2N3O3. The molecule has 2 aromatic carbocycles. The first kappa shape index (κ1) is 17.6. The third kappa shape index (κ3) is 4.28. The molecule has 0 heterocycles. The molecule has 0 saturated heterocycles. The second-order valence-electron chi connectivity index (χ2n) is 4.09. The Hall–Kier alpha value is -2.44. The molecule has 116 valence electrons. The number of carboxylic acid groups (broad SMARTS) is 1. The van der Waals surface area contributed by atoms with Crippen molar-refractivity contribution in [3.8, 4) is 0 Å². The summed E-state index contributed by atoms with van der Waals surface area (Å²) in [6.45, 7) is 0. The van der Waals surface area contributed by atoms with Crippen molar-refractivity contribution >= 4 is 46.5 Å². The predicted molar refractivity (Wildman–Crippen MR) is 87.2 cm³/mol. The summed E-state index contributed by atoms with van der Waals surface area (Å²) in [6, 6.07) is 9.26. The first-order valence-electron chi connectivity index (χ1n) is 5.86. The van der Waals surface area contributed by atoms with Crippen molar-refractivity contribution < 1.29 is 14.7 Å². The third-order valence-electron chi connectivity index (χ3n) is 2.55. The van der Waals surface area contributed by atoms with E-state index >= 15 is 0 Å². The largest absolute Gasteiger partial charge is 0.478 e. The van der Waals surface area contributed by atoms with Crippen LogP contribution < -0.4 is 17.2 Å². The Labute approximate surface area is 136 Å². The second-order valence-corrected chi connectivity index (χ2v) is 4.84. The summed E-state index contributed by atoms with van der Waals surface area (Å²) in [7, 11) is 0. The van der Waals surface area contributed by atoms with Crippen LogP contribution in [0.2, 0.25) is 10.0 Å². The normalized spacial score (nSPS) is 9.55. The minimum Gasteiger partial charge on any atom is -0.478 e. The fourth-order valence-electron chi connectivity index (χ4n) is 1.46. The van der Waals surface area contributed by atoms with Gasteiger partial charge in [0.15, 0.2) is 0 Å². The monoisotopic (exact) mass is 341 g/mol. The SMILES string of the molecule is NC(=O)c1cccc(N)c1Cl.Nc1cccc(C(=O)O)c1Cl. The van der Waals surface area contributed by atoms with Crippen molar-refractivity contribution in [3.63, 3.8) is 0 Å². The number of nitrogens with two attached hydrogens (primary N) is 3. The molecule has 0 spiro atoms. The van der Waals surface area contributed by atoms with Crippen LogP contribution in [0, 0.1) is 0 Å². The number of carbonyl (C=O) groups excluding carboxylic acids is 1. The van der Waals surface area contributed by atoms with Gasteiger partial charge in [-0.3, -0.25) is 4.79 Å². The zero-order valence-electron chi connectivity index (χ0n) is 11.2. The Kier molecular flexibility index (Phi) is 6.03. The van der Waals surface area contributed by atoms with E-state index in [1.165, 1.54) is 12.1 Å². The van der Waals surface area contributed by atoms with Gasteiger partial charge in [-0.05, 0) is 24.3 Å². The lowest BCUT2D eigenvalue weighted by molar-refractivity contribution is 0.0697. The van der Waals surface area contributed by atoms with E-state index in [-0.39, 0.29) is 26.9 Å². The third-order valence-corrected chi connectivity index (χ3v) is 3.40. The average Bonchev–Trinajstić information content (AvgIpc) is 2.45. The Morgan fingerprint density at radius 1 is 0.864 bits per heavy atom. The summed E-state index contributed by atoms with van der Waals surface area (Å²) in [4.78, 5) is 21.1. The number of hydrogen-bond acceptors (Lipinski definition) is 4. The van der Waals surface area contributed by atoms with E-state index in [1.807, 2.05) is 0 Å². The number of carboxylic acids is 1. The molecule has 0 aromatic heterocycles. The maximum absolute atomic E-state index is 10.7. The highest BCUT2D eigenvalue weighted by molar-refractivity contribution is 6.36. The molecule has 0 radical (unpaired) electrons. The molecule has 7 N–H and O–H groups in total. The van der Waals surface area contributed by atoms with Crippen molar-refractivity contribution in [2.24, 2.45) is 5.73 Å². The van der Waals surface area contributed by atoms with Crippen molar-refractivity contribution in [3.05, 3.63) is 57.6 Å². The fourth-order valence-corrected chi connectivity index (χ4v) is 1.88. The molecular weight excluding hydrogens is 329 g/mol. The number of aromatic carboxylic acids is 1. The molecule has 0 aliphatic rings. The molecule has 2 rings (SSSR count). The van der Waals surface area contributed by atoms with E-state index < -0.39 is 11.9 Å². The van der Waals surface area contributed by atoms with Crippen LogP contribution in [0.25, 0.3) is 0 Å². The molecule has 0 bridgehead atoms. The van der Waals surface area contributed by atoms with Crippen molar-refractivity contribution in [1.29, 1.82) is 0 Å². The molecule has 6 nitrogen and oxygen atoms in total. The molecule has 0 aliphatic carbocycles. The minimum atomic E-state index is -1.07. The number of nitrogen functional groups attached to an aromatic ring is 2. The highest BCUT2D eigenvalue weighted by atomic mass is 35.5. The van der Waals surface area contributed by atoms with Crippen LogP contribution in [0.15, 0.2) is 36.4 Å². The van der Waals surface area contributed by atoms with Gasteiger partial charge in [-0.2, -0.15) is 0 Å². The topological polar surface area (TPSA) is 132 Å². The highest BCUT2D eigenvalue weighted by Crippen LogP contribution is 2.23. The van der Waals surface area contributed by atoms with Gasteiger partial charge in [-0.25, -0.2) is 4.79 Å². The number of rotatable bonds is 2. The van der Waals surface area contributed by atoms with Gasteiger partial charge in [0.1, 0.15) is 0 Å². The van der Waals surface area contributed by atoms with E-state index in [9.17, 15) is 9.59 Å². The second kappa shape index (κ2) is 7.53. The summed E-state index contributed by atoms with van der Waals surface area (Å²) in [5.41, 5.74) is 16.7. The Balaban J connectivity index is 0.000000220. The van der Waals surface area contributed by atoms with Gasteiger partial charge >= 0.3 is 5.97 Å². The predicted octanol–water partition coefficient (Wildman–Crippen LogP) is 2.64. The molecule has 0 atom stereocenters. The summed E-state index contributed by atoms with van der Waals surface area (Å²) in [6.07, 6.45) is 0. The van der Waals surface area contributed by atoms with E-state index in [4.69, 9.17) is 45.5 Å². The smallest absolute Gasteiger partial charge is 0.337 e. The van der Waals surface area contributed by atoms with Gasteiger partial charge in [-0.15, -0.1) is 0 Å². The van der Waals surface area contributed by atoms with E-state index in [2.05, 4.69) is 0 Å². The lowest BCUT2D eigenvalue weighted by Crippen LogP contribution is -2.11. The summed E-state index contributed by atoms with van der Waals surface area (Å²) in [5, 5.41) is 8.87. The van der Waals surface area contributed by atoms with Gasteiger partial charge in [0.2, 0.25) is 5.91 Å². The van der Waals surface area contributed by atoms with Crippen molar-refractivity contribution in [1.82, 2.24) is 0 Å². The molecule has 22 heavy (non-hydrogen) atoms. The highest BCUT2D eigenvalue weighted by Gasteiger charge is 2.09. The number of anilines is 2. The summed E-state index contributed by atoms with van der Waals surface area (Å²) < 4.78 is 0. The van der Waals surface area contributed by atoms with E-state index in [0.29, 0.717) is 5.69 Å². The first-order valence-corrected chi connectivity index (χ1v) is 6.62. The van der Waals surface area contributed by atoms with Gasteiger partial charge in [0, 0.05) is 0 Å². The van der Waals surface area contributed by atoms with Gasteiger partial charge in [0.25, 0.3) is 0 Å². The van der Waals surface area contributed by atoms with Crippen LogP contribution in [-0.4, -0.2) is 17.0 Å². The van der Waals surface area contributed by atoms with Gasteiger partial charge < -0.3 is 22.3 Å². The Morgan fingerprint density at radius 2 is 1.27 bits per heavy atom. The number of hydrogen-bond donors (Lipinski definition) is 4. The molecule has 2 aromatic rings. The zero-order valence-corrected chi connectivity index (χ0v) is 12.7. The zero-order chi connectivity index (χ0) is 16.9. The first-order chi connectivity index (χ1) is 10.3. The number of primary amides is 1. The quantitative estimate of drug-likeness (QED) is 0.623. The number of carbonyl (C=O) groups is 2. The molecule has 0 fully saturated rings.